The molecule has 0 spiro atoms. The number of nitrogens with zero attached hydrogens (tertiary/aromatic N) is 1. The van der Waals surface area contributed by atoms with E-state index in [1.807, 2.05) is 32.0 Å². The molecule has 0 saturated heterocycles. The van der Waals surface area contributed by atoms with Gasteiger partial charge in [-0.15, -0.1) is 11.3 Å². The van der Waals surface area contributed by atoms with Gasteiger partial charge in [-0.2, -0.15) is 0 Å². The summed E-state index contributed by atoms with van der Waals surface area (Å²) in [5, 5.41) is 2.82. The number of hydrogen-bond donors (Lipinski definition) is 1. The Morgan fingerprint density at radius 1 is 1.39 bits per heavy atom. The highest BCUT2D eigenvalue weighted by molar-refractivity contribution is 7.14. The summed E-state index contributed by atoms with van der Waals surface area (Å²) in [7, 11) is 0. The molecule has 0 aliphatic carbocycles. The molecule has 0 atom stereocenters. The van der Waals surface area contributed by atoms with Crippen molar-refractivity contribution in [3.8, 4) is 0 Å². The number of amides is 1. The number of aryl methyl sites for hydroxylation is 3. The Hall–Kier alpha value is -1.68. The van der Waals surface area contributed by atoms with Gasteiger partial charge in [0.1, 0.15) is 5.82 Å². The van der Waals surface area contributed by atoms with E-state index in [0.717, 1.165) is 17.0 Å². The Labute approximate surface area is 111 Å². The highest BCUT2D eigenvalue weighted by atomic mass is 32.1. The number of aromatic nitrogens is 1. The smallest absolute Gasteiger partial charge is 0.266 e. The maximum absolute atomic E-state index is 12.1. The fraction of sp³-hybridized carbons (Fsp3) is 0.286. The molecule has 2 rings (SSSR count). The van der Waals surface area contributed by atoms with Gasteiger partial charge in [0.05, 0.1) is 4.88 Å². The number of thiophene rings is 1. The van der Waals surface area contributed by atoms with Crippen LogP contribution in [0, 0.1) is 13.8 Å². The first kappa shape index (κ1) is 12.8. The lowest BCUT2D eigenvalue weighted by molar-refractivity contribution is 0.103. The molecule has 1 N–H and O–H groups in total. The molecular formula is C14H16N2OS. The van der Waals surface area contributed by atoms with Gasteiger partial charge < -0.3 is 5.32 Å². The Morgan fingerprint density at radius 3 is 2.78 bits per heavy atom. The van der Waals surface area contributed by atoms with Gasteiger partial charge >= 0.3 is 0 Å². The molecule has 1 amide bonds. The zero-order chi connectivity index (χ0) is 13.1. The van der Waals surface area contributed by atoms with Crippen molar-refractivity contribution in [1.82, 2.24) is 4.98 Å². The predicted molar refractivity (Wildman–Crippen MR) is 75.4 cm³/mol. The number of carbonyl (C=O) groups excluding carboxylic acids is 1. The summed E-state index contributed by atoms with van der Waals surface area (Å²) < 4.78 is 0. The molecule has 0 bridgehead atoms. The van der Waals surface area contributed by atoms with E-state index in [2.05, 4.69) is 17.2 Å². The van der Waals surface area contributed by atoms with Crippen molar-refractivity contribution >= 4 is 23.1 Å². The first-order valence-electron chi connectivity index (χ1n) is 5.94. The van der Waals surface area contributed by atoms with Crippen molar-refractivity contribution in [2.45, 2.75) is 27.2 Å². The number of pyridine rings is 1. The third-order valence-corrected chi connectivity index (χ3v) is 4.08. The third kappa shape index (κ3) is 2.76. The number of hydrogen-bond acceptors (Lipinski definition) is 3. The van der Waals surface area contributed by atoms with Crippen LogP contribution >= 0.6 is 11.3 Å². The molecule has 4 heteroatoms. The molecule has 0 unspecified atom stereocenters. The van der Waals surface area contributed by atoms with Crippen LogP contribution in [0.2, 0.25) is 0 Å². The van der Waals surface area contributed by atoms with Gasteiger partial charge in [-0.1, -0.05) is 13.0 Å². The summed E-state index contributed by atoms with van der Waals surface area (Å²) >= 11 is 1.55. The van der Waals surface area contributed by atoms with Crippen molar-refractivity contribution < 1.29 is 4.79 Å². The summed E-state index contributed by atoms with van der Waals surface area (Å²) in [6.45, 7) is 6.04. The molecule has 2 aromatic heterocycles. The third-order valence-electron chi connectivity index (χ3n) is 2.70. The van der Waals surface area contributed by atoms with Crippen LogP contribution in [0.3, 0.4) is 0 Å². The molecule has 94 valence electrons. The zero-order valence-corrected chi connectivity index (χ0v) is 11.6. The second-order valence-electron chi connectivity index (χ2n) is 4.19. The second-order valence-corrected chi connectivity index (χ2v) is 5.33. The van der Waals surface area contributed by atoms with Crippen molar-refractivity contribution in [2.75, 3.05) is 5.32 Å². The van der Waals surface area contributed by atoms with Gasteiger partial charge in [0.15, 0.2) is 0 Å². The van der Waals surface area contributed by atoms with Crippen LogP contribution in [-0.2, 0) is 6.42 Å². The normalized spacial score (nSPS) is 10.4. The molecule has 0 aromatic carbocycles. The SMILES string of the molecule is CCc1sc(C(=O)Nc2cccc(C)n2)cc1C. The van der Waals surface area contributed by atoms with Crippen LogP contribution in [0.25, 0.3) is 0 Å². The zero-order valence-electron chi connectivity index (χ0n) is 10.8. The van der Waals surface area contributed by atoms with Crippen molar-refractivity contribution in [1.29, 1.82) is 0 Å². The monoisotopic (exact) mass is 260 g/mol. The minimum Gasteiger partial charge on any atom is -0.306 e. The molecule has 3 nitrogen and oxygen atoms in total. The van der Waals surface area contributed by atoms with E-state index in [1.165, 1.54) is 10.4 Å². The molecule has 0 aliphatic heterocycles. The topological polar surface area (TPSA) is 42.0 Å². The Balaban J connectivity index is 2.16. The standard InChI is InChI=1S/C14H16N2OS/c1-4-11-9(2)8-12(18-11)14(17)16-13-7-5-6-10(3)15-13/h5-8H,4H2,1-3H3,(H,15,16,17). The number of anilines is 1. The average Bonchev–Trinajstić information content (AvgIpc) is 2.70. The van der Waals surface area contributed by atoms with E-state index in [1.54, 1.807) is 17.4 Å². The summed E-state index contributed by atoms with van der Waals surface area (Å²) in [5.74, 6) is 0.519. The van der Waals surface area contributed by atoms with E-state index in [9.17, 15) is 4.79 Å². The quantitative estimate of drug-likeness (QED) is 0.916. The largest absolute Gasteiger partial charge is 0.306 e. The molecule has 0 radical (unpaired) electrons. The molecule has 18 heavy (non-hydrogen) atoms. The summed E-state index contributed by atoms with van der Waals surface area (Å²) in [4.78, 5) is 18.3. The van der Waals surface area contributed by atoms with Gasteiger partial charge in [0.2, 0.25) is 0 Å². The van der Waals surface area contributed by atoms with Crippen molar-refractivity contribution in [2.24, 2.45) is 0 Å². The van der Waals surface area contributed by atoms with Gasteiger partial charge in [-0.05, 0) is 44.0 Å². The fourth-order valence-electron chi connectivity index (χ4n) is 1.77. The highest BCUT2D eigenvalue weighted by Gasteiger charge is 2.12. The van der Waals surface area contributed by atoms with Crippen LogP contribution < -0.4 is 5.32 Å². The summed E-state index contributed by atoms with van der Waals surface area (Å²) in [5.41, 5.74) is 2.08. The lowest BCUT2D eigenvalue weighted by atomic mass is 10.2. The Kier molecular flexibility index (Phi) is 3.77. The minimum absolute atomic E-state index is 0.0825. The van der Waals surface area contributed by atoms with Crippen LogP contribution in [-0.4, -0.2) is 10.9 Å². The maximum atomic E-state index is 12.1. The van der Waals surface area contributed by atoms with Crippen LogP contribution in [0.5, 0.6) is 0 Å². The van der Waals surface area contributed by atoms with E-state index < -0.39 is 0 Å². The van der Waals surface area contributed by atoms with Gasteiger partial charge in [0, 0.05) is 10.6 Å². The van der Waals surface area contributed by atoms with E-state index >= 15 is 0 Å². The number of nitrogens with one attached hydrogen (secondary N) is 1. The molecule has 2 heterocycles. The van der Waals surface area contributed by atoms with E-state index in [-0.39, 0.29) is 5.91 Å². The highest BCUT2D eigenvalue weighted by Crippen LogP contribution is 2.23. The van der Waals surface area contributed by atoms with Gasteiger partial charge in [-0.25, -0.2) is 4.98 Å². The molecule has 0 fully saturated rings. The first-order chi connectivity index (χ1) is 8.60. The molecule has 2 aromatic rings. The van der Waals surface area contributed by atoms with Crippen LogP contribution in [0.4, 0.5) is 5.82 Å². The minimum atomic E-state index is -0.0825. The molecule has 0 aliphatic rings. The molecule has 0 saturated carbocycles. The second kappa shape index (κ2) is 5.31. The summed E-state index contributed by atoms with van der Waals surface area (Å²) in [6.07, 6.45) is 0.965. The van der Waals surface area contributed by atoms with Crippen LogP contribution in [0.15, 0.2) is 24.3 Å². The lowest BCUT2D eigenvalue weighted by Gasteiger charge is -2.02. The number of carbonyl (C=O) groups is 1. The Bertz CT molecular complexity index is 575. The predicted octanol–water partition coefficient (Wildman–Crippen LogP) is 3.57. The Morgan fingerprint density at radius 2 is 2.17 bits per heavy atom. The van der Waals surface area contributed by atoms with Crippen molar-refractivity contribution in [3.05, 3.63) is 45.3 Å². The van der Waals surface area contributed by atoms with Crippen molar-refractivity contribution in [3.63, 3.8) is 0 Å². The molecular weight excluding hydrogens is 244 g/mol. The average molecular weight is 260 g/mol. The van der Waals surface area contributed by atoms with E-state index in [4.69, 9.17) is 0 Å². The van der Waals surface area contributed by atoms with Crippen LogP contribution in [0.1, 0.15) is 32.7 Å². The van der Waals surface area contributed by atoms with Gasteiger partial charge in [0.25, 0.3) is 5.91 Å². The van der Waals surface area contributed by atoms with E-state index in [0.29, 0.717) is 5.82 Å². The maximum Gasteiger partial charge on any atom is 0.266 e. The number of rotatable bonds is 3. The fourth-order valence-corrected chi connectivity index (χ4v) is 2.78. The summed E-state index contributed by atoms with van der Waals surface area (Å²) in [6, 6.07) is 7.52. The lowest BCUT2D eigenvalue weighted by Crippen LogP contribution is -2.11. The first-order valence-corrected chi connectivity index (χ1v) is 6.76. The van der Waals surface area contributed by atoms with Gasteiger partial charge in [-0.3, -0.25) is 4.79 Å².